The molecular weight excluding hydrogens is 701 g/mol. The number of para-hydroxylation sites is 1. The van der Waals surface area contributed by atoms with Crippen molar-refractivity contribution in [1.82, 2.24) is 19.5 Å². The molecule has 0 amide bonds. The van der Waals surface area contributed by atoms with Crippen molar-refractivity contribution in [2.75, 3.05) is 0 Å². The van der Waals surface area contributed by atoms with Gasteiger partial charge in [-0.15, -0.1) is 11.3 Å². The first kappa shape index (κ1) is 22.9. The minimum atomic E-state index is -0.497. The van der Waals surface area contributed by atoms with E-state index in [4.69, 9.17) is 25.9 Å². The van der Waals surface area contributed by atoms with Gasteiger partial charge in [0.2, 0.25) is 0 Å². The summed E-state index contributed by atoms with van der Waals surface area (Å²) in [7, 11) is 0. The minimum Gasteiger partial charge on any atom is -0.309 e. The fraction of sp³-hybridized carbons (Fsp3) is 0. The molecule has 4 nitrogen and oxygen atoms in total. The Labute approximate surface area is 343 Å². The Balaban J connectivity index is 1.28. The molecule has 0 atom stereocenters. The van der Waals surface area contributed by atoms with Crippen LogP contribution in [0.25, 0.3) is 104 Å². The maximum atomic E-state index is 9.67. The van der Waals surface area contributed by atoms with Gasteiger partial charge in [0.05, 0.1) is 31.8 Å². The average Bonchev–Trinajstić information content (AvgIpc) is 3.92. The molecule has 0 fully saturated rings. The van der Waals surface area contributed by atoms with Crippen molar-refractivity contribution in [2.24, 2.45) is 0 Å². The predicted octanol–water partition coefficient (Wildman–Crippen LogP) is 13.7. The lowest BCUT2D eigenvalue weighted by molar-refractivity contribution is 1.07. The lowest BCUT2D eigenvalue weighted by Gasteiger charge is -2.17. The van der Waals surface area contributed by atoms with Crippen LogP contribution < -0.4 is 0 Å². The first-order valence-corrected chi connectivity index (χ1v) is 18.7. The maximum Gasteiger partial charge on any atom is 0.164 e. The van der Waals surface area contributed by atoms with Crippen LogP contribution in [0.4, 0.5) is 0 Å². The van der Waals surface area contributed by atoms with E-state index in [-0.39, 0.29) is 64.2 Å². The summed E-state index contributed by atoms with van der Waals surface area (Å²) in [5.41, 5.74) is 5.03. The first-order chi connectivity index (χ1) is 32.3. The second-order valence-electron chi connectivity index (χ2n) is 13.1. The van der Waals surface area contributed by atoms with Gasteiger partial charge in [0.1, 0.15) is 0 Å². The lowest BCUT2D eigenvalue weighted by atomic mass is 9.98. The molecular formula is C51H32N4S. The topological polar surface area (TPSA) is 43.6 Å². The van der Waals surface area contributed by atoms with Crippen LogP contribution in [0.2, 0.25) is 0 Å². The highest BCUT2D eigenvalue weighted by molar-refractivity contribution is 7.26. The fourth-order valence-electron chi connectivity index (χ4n) is 7.44. The summed E-state index contributed by atoms with van der Waals surface area (Å²) in [6, 6.07) is 35.4. The third kappa shape index (κ3) is 5.32. The number of benzene rings is 8. The van der Waals surface area contributed by atoms with Crippen molar-refractivity contribution in [3.63, 3.8) is 0 Å². The number of aromatic nitrogens is 4. The minimum absolute atomic E-state index is 0.00997. The summed E-state index contributed by atoms with van der Waals surface area (Å²) in [6.07, 6.45) is 0. The van der Waals surface area contributed by atoms with Crippen LogP contribution >= 0.6 is 11.3 Å². The van der Waals surface area contributed by atoms with E-state index < -0.39 is 24.2 Å². The van der Waals surface area contributed by atoms with Gasteiger partial charge in [-0.1, -0.05) is 157 Å². The van der Waals surface area contributed by atoms with Crippen LogP contribution in [-0.2, 0) is 0 Å². The molecule has 0 spiro atoms. The van der Waals surface area contributed by atoms with Gasteiger partial charge in [-0.2, -0.15) is 0 Å². The number of hydrogen-bond donors (Lipinski definition) is 0. The molecule has 0 saturated heterocycles. The Morgan fingerprint density at radius 2 is 1.11 bits per heavy atom. The third-order valence-electron chi connectivity index (χ3n) is 9.91. The molecule has 56 heavy (non-hydrogen) atoms. The molecule has 8 aromatic carbocycles. The van der Waals surface area contributed by atoms with Crippen LogP contribution in [-0.4, -0.2) is 19.5 Å². The standard InChI is InChI=1S/C51H32N4S/c1-4-16-33(17-5-1)37-24-15-28-45-47(37)41-23-10-12-27-43(41)55(45)44-31-30-36(32-42(44)40-26-14-25-39-38-22-11-13-29-46(38)56-48(39)40)51-53-49(34-18-6-2-7-19-34)52-50(54-51)35-20-8-3-9-21-35/h1-32H/i1D,4D,5D,11D,14D,16D,17D,22D,25D,26D,29D. The summed E-state index contributed by atoms with van der Waals surface area (Å²) < 4.78 is 100. The van der Waals surface area contributed by atoms with Gasteiger partial charge in [-0.3, -0.25) is 0 Å². The molecule has 0 saturated carbocycles. The second-order valence-corrected chi connectivity index (χ2v) is 14.2. The SMILES string of the molecule is [2H]c1cc([2H])c2sc3c(-c4cc(-c5nc(-c6ccccc6)nc(-c6ccccc6)n5)ccc4-n4c5ccccc5c5c(-c6c([2H])c([2H])c([2H])c([2H])c6[2H])cccc54)c([2H])c([2H])c([2H])c3c2c1[2H]. The van der Waals surface area contributed by atoms with Gasteiger partial charge < -0.3 is 4.57 Å². The van der Waals surface area contributed by atoms with E-state index in [1.165, 1.54) is 6.07 Å². The Morgan fingerprint density at radius 3 is 1.88 bits per heavy atom. The summed E-state index contributed by atoms with van der Waals surface area (Å²) in [5, 5.41) is 1.73. The van der Waals surface area contributed by atoms with E-state index in [2.05, 4.69) is 0 Å². The Kier molecular flexibility index (Phi) is 5.42. The monoisotopic (exact) mass is 743 g/mol. The summed E-state index contributed by atoms with van der Waals surface area (Å²) in [6.45, 7) is 0. The van der Waals surface area contributed by atoms with E-state index in [1.54, 1.807) is 12.1 Å². The quantitative estimate of drug-likeness (QED) is 0.170. The van der Waals surface area contributed by atoms with Crippen molar-refractivity contribution >= 4 is 53.3 Å². The van der Waals surface area contributed by atoms with E-state index in [0.717, 1.165) is 22.5 Å². The van der Waals surface area contributed by atoms with Crippen LogP contribution in [0.5, 0.6) is 0 Å². The van der Waals surface area contributed by atoms with Crippen LogP contribution in [0.15, 0.2) is 194 Å². The highest BCUT2D eigenvalue weighted by atomic mass is 32.1. The molecule has 0 radical (unpaired) electrons. The van der Waals surface area contributed by atoms with Gasteiger partial charge in [-0.25, -0.2) is 15.0 Å². The van der Waals surface area contributed by atoms with E-state index in [0.29, 0.717) is 71.1 Å². The van der Waals surface area contributed by atoms with Crippen LogP contribution in [0.1, 0.15) is 15.1 Å². The van der Waals surface area contributed by atoms with Crippen LogP contribution in [0, 0.1) is 0 Å². The van der Waals surface area contributed by atoms with E-state index >= 15 is 0 Å². The number of thiophene rings is 1. The number of rotatable bonds is 6. The van der Waals surface area contributed by atoms with E-state index in [9.17, 15) is 4.11 Å². The molecule has 3 heterocycles. The highest BCUT2D eigenvalue weighted by Crippen LogP contribution is 2.45. The zero-order valence-corrected chi connectivity index (χ0v) is 30.1. The molecule has 0 aliphatic rings. The van der Waals surface area contributed by atoms with E-state index in [1.807, 2.05) is 114 Å². The molecule has 5 heteroatoms. The average molecular weight is 744 g/mol. The molecule has 0 aliphatic carbocycles. The van der Waals surface area contributed by atoms with Crippen molar-refractivity contribution < 1.29 is 15.1 Å². The molecule has 0 unspecified atom stereocenters. The third-order valence-corrected chi connectivity index (χ3v) is 11.1. The zero-order chi connectivity index (χ0) is 46.6. The maximum absolute atomic E-state index is 9.67. The first-order valence-electron chi connectivity index (χ1n) is 23.4. The van der Waals surface area contributed by atoms with Gasteiger partial charge in [0.25, 0.3) is 0 Å². The van der Waals surface area contributed by atoms with Crippen molar-refractivity contribution in [1.29, 1.82) is 0 Å². The second kappa shape index (κ2) is 13.3. The summed E-state index contributed by atoms with van der Waals surface area (Å²) in [4.78, 5) is 14.9. The Hall–Kier alpha value is -7.21. The molecule has 0 bridgehead atoms. The lowest BCUT2D eigenvalue weighted by Crippen LogP contribution is -2.02. The molecule has 11 rings (SSSR count). The number of fused-ring (bicyclic) bond motifs is 6. The van der Waals surface area contributed by atoms with Crippen molar-refractivity contribution in [3.8, 4) is 62.1 Å². The molecule has 11 aromatic rings. The highest BCUT2D eigenvalue weighted by Gasteiger charge is 2.22. The van der Waals surface area contributed by atoms with Gasteiger partial charge >= 0.3 is 0 Å². The molecule has 3 aromatic heterocycles. The van der Waals surface area contributed by atoms with Gasteiger partial charge in [0, 0.05) is 58.8 Å². The van der Waals surface area contributed by atoms with Crippen LogP contribution in [0.3, 0.4) is 0 Å². The van der Waals surface area contributed by atoms with Crippen molar-refractivity contribution in [2.45, 2.75) is 0 Å². The fourth-order valence-corrected chi connectivity index (χ4v) is 8.54. The van der Waals surface area contributed by atoms with Crippen molar-refractivity contribution in [3.05, 3.63) is 194 Å². The molecule has 0 N–H and O–H groups in total. The predicted molar refractivity (Wildman–Crippen MR) is 234 cm³/mol. The van der Waals surface area contributed by atoms with Gasteiger partial charge in [-0.05, 0) is 47.5 Å². The summed E-state index contributed by atoms with van der Waals surface area (Å²) in [5.74, 6) is 1.17. The Bertz CT molecular complexity index is 3810. The molecule has 0 aliphatic heterocycles. The summed E-state index contributed by atoms with van der Waals surface area (Å²) >= 11 is 1.13. The number of nitrogens with zero attached hydrogens (tertiary/aromatic N) is 4. The smallest absolute Gasteiger partial charge is 0.164 e. The number of hydrogen-bond acceptors (Lipinski definition) is 4. The van der Waals surface area contributed by atoms with Gasteiger partial charge in [0.15, 0.2) is 17.5 Å². The normalized spacial score (nSPS) is 14.3. The largest absolute Gasteiger partial charge is 0.309 e. The Morgan fingerprint density at radius 1 is 0.429 bits per heavy atom. The zero-order valence-electron chi connectivity index (χ0n) is 40.3. The molecule has 262 valence electrons.